The Balaban J connectivity index is 1.62. The first-order valence-electron chi connectivity index (χ1n) is 11.1. The molecule has 8 nitrogen and oxygen atoms in total. The van der Waals surface area contributed by atoms with Crippen molar-refractivity contribution in [2.45, 2.75) is 19.3 Å². The van der Waals surface area contributed by atoms with Crippen molar-refractivity contribution < 1.29 is 19.4 Å². The van der Waals surface area contributed by atoms with E-state index in [2.05, 4.69) is 15.2 Å². The average Bonchev–Trinajstić information content (AvgIpc) is 2.85. The van der Waals surface area contributed by atoms with Crippen LogP contribution in [-0.2, 0) is 0 Å². The number of rotatable bonds is 6. The lowest BCUT2D eigenvalue weighted by Gasteiger charge is -2.29. The summed E-state index contributed by atoms with van der Waals surface area (Å²) < 4.78 is 5.87. The lowest BCUT2D eigenvalue weighted by Crippen LogP contribution is -2.29. The molecule has 34 heavy (non-hydrogen) atoms. The van der Waals surface area contributed by atoms with E-state index in [0.29, 0.717) is 22.7 Å². The molecule has 0 aromatic heterocycles. The molecule has 1 aliphatic heterocycles. The molecular weight excluding hydrogens is 432 g/mol. The van der Waals surface area contributed by atoms with Crippen molar-refractivity contribution in [2.75, 3.05) is 23.3 Å². The Morgan fingerprint density at radius 3 is 2.41 bits per heavy atom. The highest BCUT2D eigenvalue weighted by atomic mass is 16.5. The van der Waals surface area contributed by atoms with Gasteiger partial charge in [0.25, 0.3) is 5.91 Å². The first kappa shape index (κ1) is 22.8. The fourth-order valence-corrected chi connectivity index (χ4v) is 3.89. The number of benzene rings is 3. The number of amides is 2. The number of carboxylic acid groups (broad SMARTS) is 1. The van der Waals surface area contributed by atoms with Crippen LogP contribution in [0.2, 0.25) is 0 Å². The molecule has 0 radical (unpaired) electrons. The molecule has 1 saturated heterocycles. The minimum Gasteiger partial charge on any atom is -0.463 e. The maximum absolute atomic E-state index is 13.1. The number of nitrogens with two attached hydrogens (primary N) is 1. The van der Waals surface area contributed by atoms with Gasteiger partial charge >= 0.3 is 6.09 Å². The summed E-state index contributed by atoms with van der Waals surface area (Å²) in [5, 5.41) is 11.9. The Morgan fingerprint density at radius 1 is 0.912 bits per heavy atom. The van der Waals surface area contributed by atoms with Crippen LogP contribution in [0.25, 0.3) is 0 Å². The molecule has 0 unspecified atom stereocenters. The predicted octanol–water partition coefficient (Wildman–Crippen LogP) is 5.10. The van der Waals surface area contributed by atoms with Crippen molar-refractivity contribution in [3.63, 3.8) is 0 Å². The van der Waals surface area contributed by atoms with Crippen LogP contribution in [0.4, 0.5) is 16.2 Å². The normalized spacial score (nSPS) is 13.9. The van der Waals surface area contributed by atoms with E-state index in [1.165, 1.54) is 6.42 Å². The molecule has 4 rings (SSSR count). The van der Waals surface area contributed by atoms with Crippen LogP contribution in [-0.4, -0.2) is 36.0 Å². The molecule has 3 aromatic rings. The number of carbonyl (C=O) groups excluding carboxylic acids is 1. The van der Waals surface area contributed by atoms with E-state index in [4.69, 9.17) is 15.6 Å². The van der Waals surface area contributed by atoms with E-state index >= 15 is 0 Å². The van der Waals surface area contributed by atoms with Gasteiger partial charge < -0.3 is 25.8 Å². The molecule has 0 spiro atoms. The van der Waals surface area contributed by atoms with Gasteiger partial charge in [-0.3, -0.25) is 4.79 Å². The summed E-state index contributed by atoms with van der Waals surface area (Å²) in [7, 11) is 0. The second kappa shape index (κ2) is 10.5. The zero-order valence-electron chi connectivity index (χ0n) is 18.6. The fraction of sp³-hybridized carbons (Fsp3) is 0.192. The molecule has 0 saturated carbocycles. The topological polar surface area (TPSA) is 117 Å². The number of aliphatic imine (C=N–C) groups is 1. The van der Waals surface area contributed by atoms with Crippen molar-refractivity contribution in [3.8, 4) is 11.5 Å². The van der Waals surface area contributed by atoms with Crippen molar-refractivity contribution in [1.29, 1.82) is 0 Å². The highest BCUT2D eigenvalue weighted by molar-refractivity contribution is 6.12. The van der Waals surface area contributed by atoms with Crippen LogP contribution >= 0.6 is 0 Å². The standard InChI is InChI=1S/C26H26N4O4/c27-24(29-26(32)33)22-13-12-21(34-20-10-3-1-4-11-20)17-23(22)28-25(31)18-8-7-9-19(16-18)30-14-5-2-6-15-30/h1,3-4,7-13,16-17H,2,5-6,14-15H2,(H2,27,29)(H,28,31)(H,32,33). The lowest BCUT2D eigenvalue weighted by molar-refractivity contribution is 0.102. The number of hydrogen-bond donors (Lipinski definition) is 3. The van der Waals surface area contributed by atoms with Crippen LogP contribution in [0.3, 0.4) is 0 Å². The Bertz CT molecular complexity index is 1200. The van der Waals surface area contributed by atoms with Gasteiger partial charge in [-0.1, -0.05) is 24.3 Å². The first-order chi connectivity index (χ1) is 16.5. The van der Waals surface area contributed by atoms with Gasteiger partial charge in [0.05, 0.1) is 5.69 Å². The van der Waals surface area contributed by atoms with Crippen LogP contribution in [0.15, 0.2) is 77.8 Å². The third-order valence-electron chi connectivity index (χ3n) is 5.54. The van der Waals surface area contributed by atoms with E-state index < -0.39 is 6.09 Å². The minimum absolute atomic E-state index is 0.226. The number of nitrogens with one attached hydrogen (secondary N) is 1. The molecule has 4 N–H and O–H groups in total. The summed E-state index contributed by atoms with van der Waals surface area (Å²) in [5.41, 5.74) is 7.97. The third-order valence-corrected chi connectivity index (χ3v) is 5.54. The Kier molecular flexibility index (Phi) is 7.07. The molecule has 1 fully saturated rings. The van der Waals surface area contributed by atoms with Gasteiger partial charge in [0, 0.05) is 36.0 Å². The molecule has 2 amide bonds. The summed E-state index contributed by atoms with van der Waals surface area (Å²) in [5.74, 6) is 0.501. The van der Waals surface area contributed by atoms with Gasteiger partial charge in [0.2, 0.25) is 0 Å². The zero-order valence-corrected chi connectivity index (χ0v) is 18.6. The smallest absolute Gasteiger partial charge is 0.433 e. The molecule has 3 aromatic carbocycles. The molecule has 0 bridgehead atoms. The first-order valence-corrected chi connectivity index (χ1v) is 11.1. The number of carbonyl (C=O) groups is 2. The highest BCUT2D eigenvalue weighted by Crippen LogP contribution is 2.28. The van der Waals surface area contributed by atoms with Crippen molar-refractivity contribution in [3.05, 3.63) is 83.9 Å². The molecule has 1 heterocycles. The number of nitrogens with zero attached hydrogens (tertiary/aromatic N) is 2. The highest BCUT2D eigenvalue weighted by Gasteiger charge is 2.16. The fourth-order valence-electron chi connectivity index (χ4n) is 3.89. The van der Waals surface area contributed by atoms with E-state index in [1.807, 2.05) is 36.4 Å². The van der Waals surface area contributed by atoms with Gasteiger partial charge in [0.1, 0.15) is 17.3 Å². The Labute approximate surface area is 197 Å². The Hall–Kier alpha value is -4.33. The van der Waals surface area contributed by atoms with Gasteiger partial charge in [-0.05, 0) is 61.7 Å². The van der Waals surface area contributed by atoms with E-state index in [-0.39, 0.29) is 17.3 Å². The number of piperidine rings is 1. The van der Waals surface area contributed by atoms with Crippen LogP contribution in [0.5, 0.6) is 11.5 Å². The monoisotopic (exact) mass is 458 g/mol. The van der Waals surface area contributed by atoms with Crippen molar-refractivity contribution in [1.82, 2.24) is 0 Å². The third kappa shape index (κ3) is 5.72. The average molecular weight is 459 g/mol. The van der Waals surface area contributed by atoms with Crippen molar-refractivity contribution in [2.24, 2.45) is 10.7 Å². The van der Waals surface area contributed by atoms with Gasteiger partial charge in [-0.2, -0.15) is 4.99 Å². The Morgan fingerprint density at radius 2 is 1.68 bits per heavy atom. The minimum atomic E-state index is -1.42. The summed E-state index contributed by atoms with van der Waals surface area (Å²) in [6, 6.07) is 21.4. The van der Waals surface area contributed by atoms with Gasteiger partial charge in [-0.15, -0.1) is 0 Å². The van der Waals surface area contributed by atoms with Crippen molar-refractivity contribution >= 4 is 29.2 Å². The molecule has 1 aliphatic rings. The van der Waals surface area contributed by atoms with Crippen LogP contribution in [0.1, 0.15) is 35.2 Å². The second-order valence-corrected chi connectivity index (χ2v) is 7.95. The van der Waals surface area contributed by atoms with Gasteiger partial charge in [-0.25, -0.2) is 4.79 Å². The maximum Gasteiger partial charge on any atom is 0.433 e. The van der Waals surface area contributed by atoms with E-state index in [9.17, 15) is 9.59 Å². The molecular formula is C26H26N4O4. The second-order valence-electron chi connectivity index (χ2n) is 7.95. The lowest BCUT2D eigenvalue weighted by atomic mass is 10.1. The quantitative estimate of drug-likeness (QED) is 0.349. The predicted molar refractivity (Wildman–Crippen MR) is 132 cm³/mol. The van der Waals surface area contributed by atoms with Crippen LogP contribution < -0.4 is 20.7 Å². The number of anilines is 2. The zero-order chi connectivity index (χ0) is 23.9. The van der Waals surface area contributed by atoms with E-state index in [1.54, 1.807) is 36.4 Å². The maximum atomic E-state index is 13.1. The summed E-state index contributed by atoms with van der Waals surface area (Å²) >= 11 is 0. The van der Waals surface area contributed by atoms with Gasteiger partial charge in [0.15, 0.2) is 0 Å². The number of para-hydroxylation sites is 1. The van der Waals surface area contributed by atoms with Crippen LogP contribution in [0, 0.1) is 0 Å². The summed E-state index contributed by atoms with van der Waals surface area (Å²) in [6.07, 6.45) is 2.07. The number of amidine groups is 1. The molecule has 8 heteroatoms. The summed E-state index contributed by atoms with van der Waals surface area (Å²) in [4.78, 5) is 29.9. The van der Waals surface area contributed by atoms with E-state index in [0.717, 1.165) is 31.6 Å². The summed E-state index contributed by atoms with van der Waals surface area (Å²) in [6.45, 7) is 1.94. The largest absolute Gasteiger partial charge is 0.463 e. The molecule has 174 valence electrons. The number of hydrogen-bond acceptors (Lipinski definition) is 4. The molecule has 0 atom stereocenters. The molecule has 0 aliphatic carbocycles. The number of ether oxygens (including phenoxy) is 1. The SMILES string of the molecule is N/C(=N\C(=O)O)c1ccc(Oc2ccccc2)cc1NC(=O)c1cccc(N2CCCCC2)c1.